The van der Waals surface area contributed by atoms with Crippen molar-refractivity contribution in [2.24, 2.45) is 11.8 Å². The molecule has 0 radical (unpaired) electrons. The molecule has 3 aromatic rings. The van der Waals surface area contributed by atoms with Crippen LogP contribution >= 0.6 is 0 Å². The van der Waals surface area contributed by atoms with E-state index in [1.807, 2.05) is 0 Å². The summed E-state index contributed by atoms with van der Waals surface area (Å²) in [6.07, 6.45) is 3.39. The molecule has 0 aliphatic heterocycles. The Labute approximate surface area is 184 Å². The third-order valence-corrected chi connectivity index (χ3v) is 7.86. The van der Waals surface area contributed by atoms with Crippen molar-refractivity contribution in [3.05, 3.63) is 108 Å². The van der Waals surface area contributed by atoms with E-state index in [-0.39, 0.29) is 10.8 Å². The van der Waals surface area contributed by atoms with Crippen LogP contribution in [-0.4, -0.2) is 0 Å². The first-order valence-corrected chi connectivity index (χ1v) is 11.6. The smallest absolute Gasteiger partial charge is 0.0208 e. The van der Waals surface area contributed by atoms with Gasteiger partial charge in [-0.2, -0.15) is 0 Å². The van der Waals surface area contributed by atoms with Gasteiger partial charge in [-0.25, -0.2) is 0 Å². The Morgan fingerprint density at radius 2 is 1.03 bits per heavy atom. The summed E-state index contributed by atoms with van der Waals surface area (Å²) in [5, 5.41) is 0. The van der Waals surface area contributed by atoms with Gasteiger partial charge in [0.25, 0.3) is 0 Å². The second kappa shape index (κ2) is 9.65. The molecule has 0 aliphatic carbocycles. The van der Waals surface area contributed by atoms with Crippen LogP contribution in [0.5, 0.6) is 0 Å². The molecule has 0 spiro atoms. The van der Waals surface area contributed by atoms with Crippen molar-refractivity contribution in [2.75, 3.05) is 0 Å². The van der Waals surface area contributed by atoms with Gasteiger partial charge in [0.05, 0.1) is 0 Å². The molecule has 158 valence electrons. The molecule has 30 heavy (non-hydrogen) atoms. The van der Waals surface area contributed by atoms with Gasteiger partial charge < -0.3 is 0 Å². The Morgan fingerprint density at radius 1 is 0.633 bits per heavy atom. The maximum absolute atomic E-state index is 2.51. The van der Waals surface area contributed by atoms with Gasteiger partial charge >= 0.3 is 0 Å². The largest absolute Gasteiger partial charge is 0.0651 e. The second-order valence-electron chi connectivity index (χ2n) is 9.30. The van der Waals surface area contributed by atoms with Crippen LogP contribution in [0.3, 0.4) is 0 Å². The zero-order valence-corrected chi connectivity index (χ0v) is 19.4. The van der Waals surface area contributed by atoms with Crippen molar-refractivity contribution in [1.29, 1.82) is 0 Å². The van der Waals surface area contributed by atoms with Crippen LogP contribution < -0.4 is 0 Å². The lowest BCUT2D eigenvalue weighted by Crippen LogP contribution is -2.42. The van der Waals surface area contributed by atoms with E-state index in [1.54, 1.807) is 0 Å². The topological polar surface area (TPSA) is 0 Å². The Morgan fingerprint density at radius 3 is 1.40 bits per heavy atom. The lowest BCUT2D eigenvalue weighted by atomic mass is 9.56. The van der Waals surface area contributed by atoms with Crippen LogP contribution in [0.1, 0.15) is 70.6 Å². The van der Waals surface area contributed by atoms with Gasteiger partial charge in [-0.05, 0) is 46.8 Å². The maximum atomic E-state index is 2.51. The average Bonchev–Trinajstić information content (AvgIpc) is 2.83. The standard InChI is InChI=1S/C30H38/c1-6-24(3)25(4)29(5,26-17-11-8-12-18-26)23-30(7-2,27-19-13-9-14-20-27)28-21-15-10-16-22-28/h8-22,24-25H,6-7,23H2,1-5H3. The predicted octanol–water partition coefficient (Wildman–Crippen LogP) is 8.41. The van der Waals surface area contributed by atoms with Gasteiger partial charge in [-0.1, -0.05) is 132 Å². The molecule has 0 heteroatoms. The Hall–Kier alpha value is -2.34. The molecule has 0 saturated heterocycles. The molecule has 0 bridgehead atoms. The number of hydrogen-bond donors (Lipinski definition) is 0. The van der Waals surface area contributed by atoms with Gasteiger partial charge in [0.2, 0.25) is 0 Å². The van der Waals surface area contributed by atoms with E-state index in [0.29, 0.717) is 11.8 Å². The molecular formula is C30H38. The lowest BCUT2D eigenvalue weighted by Gasteiger charge is -2.47. The van der Waals surface area contributed by atoms with Crippen LogP contribution in [0.15, 0.2) is 91.0 Å². The second-order valence-corrected chi connectivity index (χ2v) is 9.30. The Bertz CT molecular complexity index is 842. The number of benzene rings is 3. The minimum absolute atomic E-state index is 0.0190. The summed E-state index contributed by atoms with van der Waals surface area (Å²) in [6.45, 7) is 12.1. The minimum Gasteiger partial charge on any atom is -0.0651 e. The molecule has 3 unspecified atom stereocenters. The fraction of sp³-hybridized carbons (Fsp3) is 0.400. The van der Waals surface area contributed by atoms with Crippen molar-refractivity contribution >= 4 is 0 Å². The molecule has 0 fully saturated rings. The molecule has 0 aliphatic rings. The van der Waals surface area contributed by atoms with Crippen molar-refractivity contribution in [3.63, 3.8) is 0 Å². The quantitative estimate of drug-likeness (QED) is 0.339. The van der Waals surface area contributed by atoms with Gasteiger partial charge in [-0.15, -0.1) is 0 Å². The third-order valence-electron chi connectivity index (χ3n) is 7.86. The summed E-state index contributed by atoms with van der Waals surface area (Å²) in [5.41, 5.74) is 4.37. The normalized spacial score (nSPS) is 15.9. The molecule has 3 aromatic carbocycles. The van der Waals surface area contributed by atoms with Crippen molar-refractivity contribution in [3.8, 4) is 0 Å². The minimum atomic E-state index is -0.0190. The molecule has 0 N–H and O–H groups in total. The van der Waals surface area contributed by atoms with Gasteiger partial charge in [0.15, 0.2) is 0 Å². The summed E-state index contributed by atoms with van der Waals surface area (Å²) >= 11 is 0. The van der Waals surface area contributed by atoms with E-state index in [2.05, 4.69) is 126 Å². The average molecular weight is 399 g/mol. The molecule has 0 amide bonds. The molecule has 3 atom stereocenters. The Kier molecular flexibility index (Phi) is 7.19. The summed E-state index contributed by atoms with van der Waals surface area (Å²) in [7, 11) is 0. The van der Waals surface area contributed by atoms with Crippen LogP contribution in [0.2, 0.25) is 0 Å². The van der Waals surface area contributed by atoms with E-state index in [1.165, 1.54) is 23.1 Å². The molecule has 3 rings (SSSR count). The van der Waals surface area contributed by atoms with Crippen LogP contribution in [-0.2, 0) is 10.8 Å². The fourth-order valence-electron chi connectivity index (χ4n) is 5.37. The first-order valence-electron chi connectivity index (χ1n) is 11.6. The Balaban J connectivity index is 2.21. The molecule has 0 aromatic heterocycles. The predicted molar refractivity (Wildman–Crippen MR) is 131 cm³/mol. The molecule has 0 nitrogen and oxygen atoms in total. The molecular weight excluding hydrogens is 360 g/mol. The fourth-order valence-corrected chi connectivity index (χ4v) is 5.37. The number of hydrogen-bond acceptors (Lipinski definition) is 0. The third kappa shape index (κ3) is 4.24. The van der Waals surface area contributed by atoms with Crippen LogP contribution in [0, 0.1) is 11.8 Å². The zero-order valence-electron chi connectivity index (χ0n) is 19.4. The highest BCUT2D eigenvalue weighted by atomic mass is 14.5. The highest BCUT2D eigenvalue weighted by Gasteiger charge is 2.44. The molecule has 0 saturated carbocycles. The van der Waals surface area contributed by atoms with E-state index < -0.39 is 0 Å². The number of rotatable bonds is 9. The highest BCUT2D eigenvalue weighted by molar-refractivity contribution is 5.41. The van der Waals surface area contributed by atoms with Crippen molar-refractivity contribution in [1.82, 2.24) is 0 Å². The molecule has 0 heterocycles. The SMILES string of the molecule is CCC(C)C(C)C(C)(CC(CC)(c1ccccc1)c1ccccc1)c1ccccc1. The van der Waals surface area contributed by atoms with Crippen LogP contribution in [0.25, 0.3) is 0 Å². The first kappa shape index (κ1) is 22.3. The zero-order chi connectivity index (χ0) is 21.6. The summed E-state index contributed by atoms with van der Waals surface area (Å²) in [6, 6.07) is 33.6. The van der Waals surface area contributed by atoms with E-state index in [0.717, 1.165) is 12.8 Å². The first-order chi connectivity index (χ1) is 14.5. The van der Waals surface area contributed by atoms with E-state index in [4.69, 9.17) is 0 Å². The maximum Gasteiger partial charge on any atom is 0.0208 e. The van der Waals surface area contributed by atoms with E-state index >= 15 is 0 Å². The van der Waals surface area contributed by atoms with Gasteiger partial charge in [-0.3, -0.25) is 0 Å². The van der Waals surface area contributed by atoms with Crippen LogP contribution in [0.4, 0.5) is 0 Å². The summed E-state index contributed by atoms with van der Waals surface area (Å²) in [4.78, 5) is 0. The van der Waals surface area contributed by atoms with Gasteiger partial charge in [0.1, 0.15) is 0 Å². The van der Waals surface area contributed by atoms with Crippen molar-refractivity contribution in [2.45, 2.75) is 64.7 Å². The highest BCUT2D eigenvalue weighted by Crippen LogP contribution is 2.50. The monoisotopic (exact) mass is 398 g/mol. The lowest BCUT2D eigenvalue weighted by molar-refractivity contribution is 0.178. The van der Waals surface area contributed by atoms with Gasteiger partial charge in [0, 0.05) is 5.41 Å². The van der Waals surface area contributed by atoms with E-state index in [9.17, 15) is 0 Å². The van der Waals surface area contributed by atoms with Crippen molar-refractivity contribution < 1.29 is 0 Å². The summed E-state index contributed by atoms with van der Waals surface area (Å²) in [5.74, 6) is 1.24. The summed E-state index contributed by atoms with van der Waals surface area (Å²) < 4.78 is 0.